The predicted molar refractivity (Wildman–Crippen MR) is 245 cm³/mol. The van der Waals surface area contributed by atoms with E-state index in [4.69, 9.17) is 16.5 Å². The van der Waals surface area contributed by atoms with Gasteiger partial charge in [0, 0.05) is 22.2 Å². The van der Waals surface area contributed by atoms with E-state index in [1.54, 1.807) is 0 Å². The molecule has 5 heteroatoms. The van der Waals surface area contributed by atoms with Gasteiger partial charge in [0.05, 0.1) is 44.8 Å². The molecular formula is C53H39N2OPS. The van der Waals surface area contributed by atoms with Gasteiger partial charge in [-0.1, -0.05) is 132 Å². The minimum absolute atomic E-state index is 0.611. The SMILES string of the molecule is Cc1ccc(N2c3cc(C)cc4c3P3(=S)c5c2cc(C)cc5N(c2ccc(C)cc2)c2cc5c(c(c23)O4)-c2ccccc2C5(c2ccccc2)c2ccccc2)cc1. The number of rotatable bonds is 4. The van der Waals surface area contributed by atoms with Crippen molar-refractivity contribution >= 4 is 67.9 Å². The molecule has 0 radical (unpaired) electrons. The Balaban J connectivity index is 1.29. The van der Waals surface area contributed by atoms with Crippen molar-refractivity contribution < 1.29 is 4.74 Å². The molecule has 3 aliphatic heterocycles. The molecule has 0 fully saturated rings. The van der Waals surface area contributed by atoms with Crippen LogP contribution in [0.15, 0.2) is 164 Å². The molecule has 3 heterocycles. The highest BCUT2D eigenvalue weighted by molar-refractivity contribution is 8.26. The summed E-state index contributed by atoms with van der Waals surface area (Å²) < 4.78 is 7.60. The van der Waals surface area contributed by atoms with Crippen LogP contribution in [-0.4, -0.2) is 0 Å². The van der Waals surface area contributed by atoms with Crippen molar-refractivity contribution in [2.24, 2.45) is 0 Å². The number of anilines is 6. The second-order valence-electron chi connectivity index (χ2n) is 16.4. The van der Waals surface area contributed by atoms with Gasteiger partial charge in [-0.25, -0.2) is 0 Å². The van der Waals surface area contributed by atoms with E-state index in [1.807, 2.05) is 0 Å². The van der Waals surface area contributed by atoms with E-state index < -0.39 is 11.5 Å². The van der Waals surface area contributed by atoms with E-state index in [-0.39, 0.29) is 0 Å². The Labute approximate surface area is 344 Å². The first-order valence-corrected chi connectivity index (χ1v) is 22.8. The highest BCUT2D eigenvalue weighted by atomic mass is 32.4. The van der Waals surface area contributed by atoms with Crippen molar-refractivity contribution in [2.75, 3.05) is 9.80 Å². The fourth-order valence-electron chi connectivity index (χ4n) is 10.5. The van der Waals surface area contributed by atoms with E-state index in [2.05, 4.69) is 201 Å². The lowest BCUT2D eigenvalue weighted by Crippen LogP contribution is -2.45. The Bertz CT molecular complexity index is 3060. The van der Waals surface area contributed by atoms with Gasteiger partial charge in [-0.05, 0) is 121 Å². The summed E-state index contributed by atoms with van der Waals surface area (Å²) in [4.78, 5) is 4.95. The molecule has 0 saturated heterocycles. The smallest absolute Gasteiger partial charge is 0.146 e. The molecule has 278 valence electrons. The number of hydrogen-bond donors (Lipinski definition) is 0. The standard InChI is InChI=1S/C53H39N2OPS/c1-32-19-23-38(24-20-32)54-43-27-34(3)28-44-50(43)57(58)51-45(54)29-35(4)30-47(51)56-49-48-40-17-11-12-18-41(40)53(36-13-7-5-8-14-36,37-15-9-6-10-16-37)42(48)31-46(52(49)57)55(44)39-25-21-33(2)22-26-39/h5-31H,1-4H3. The highest BCUT2D eigenvalue weighted by Crippen LogP contribution is 2.70. The first-order valence-electron chi connectivity index (χ1n) is 20.0. The molecule has 0 bridgehead atoms. The zero-order valence-electron chi connectivity index (χ0n) is 32.7. The quantitative estimate of drug-likeness (QED) is 0.165. The number of benzene rings is 8. The van der Waals surface area contributed by atoms with Gasteiger partial charge in [0.25, 0.3) is 0 Å². The van der Waals surface area contributed by atoms with Crippen molar-refractivity contribution in [1.29, 1.82) is 0 Å². The molecule has 58 heavy (non-hydrogen) atoms. The normalized spacial score (nSPS) is 17.0. The number of aryl methyl sites for hydroxylation is 4. The van der Waals surface area contributed by atoms with Crippen LogP contribution in [0.3, 0.4) is 0 Å². The van der Waals surface area contributed by atoms with Gasteiger partial charge in [-0.3, -0.25) is 0 Å². The van der Waals surface area contributed by atoms with E-state index in [9.17, 15) is 0 Å². The minimum atomic E-state index is -2.76. The van der Waals surface area contributed by atoms with Crippen LogP contribution in [0.4, 0.5) is 34.1 Å². The summed E-state index contributed by atoms with van der Waals surface area (Å²) in [5.41, 5.74) is 18.2. The minimum Gasteiger partial charge on any atom is -0.455 e. The first-order chi connectivity index (χ1) is 28.3. The summed E-state index contributed by atoms with van der Waals surface area (Å²) in [5, 5.41) is 3.52. The lowest BCUT2D eigenvalue weighted by molar-refractivity contribution is 0.489. The third-order valence-electron chi connectivity index (χ3n) is 12.8. The summed E-state index contributed by atoms with van der Waals surface area (Å²) in [6.07, 6.45) is 0. The molecule has 0 spiro atoms. The first kappa shape index (κ1) is 33.9. The maximum atomic E-state index is 7.60. The Morgan fingerprint density at radius 1 is 0.466 bits per heavy atom. The van der Waals surface area contributed by atoms with Crippen LogP contribution in [0.25, 0.3) is 11.1 Å². The van der Waals surface area contributed by atoms with Crippen molar-refractivity contribution in [3.05, 3.63) is 208 Å². The number of ether oxygens (including phenoxy) is 1. The van der Waals surface area contributed by atoms with Crippen LogP contribution in [0, 0.1) is 27.7 Å². The van der Waals surface area contributed by atoms with Crippen molar-refractivity contribution in [2.45, 2.75) is 33.1 Å². The molecule has 1 unspecified atom stereocenters. The Kier molecular flexibility index (Phi) is 6.97. The van der Waals surface area contributed by atoms with Crippen LogP contribution in [0.1, 0.15) is 44.5 Å². The molecule has 0 amide bonds. The average Bonchev–Trinajstić information content (AvgIpc) is 3.53. The third kappa shape index (κ3) is 4.26. The fraction of sp³-hybridized carbons (Fsp3) is 0.0943. The predicted octanol–water partition coefficient (Wildman–Crippen LogP) is 12.7. The summed E-state index contributed by atoms with van der Waals surface area (Å²) in [6.45, 7) is 8.71. The van der Waals surface area contributed by atoms with Crippen LogP contribution in [0.5, 0.6) is 11.5 Å². The topological polar surface area (TPSA) is 15.7 Å². The molecule has 4 aliphatic rings. The van der Waals surface area contributed by atoms with Crippen LogP contribution >= 0.6 is 6.04 Å². The van der Waals surface area contributed by atoms with Crippen LogP contribution < -0.4 is 30.5 Å². The zero-order chi connectivity index (χ0) is 39.1. The second-order valence-corrected chi connectivity index (χ2v) is 20.6. The highest BCUT2D eigenvalue weighted by Gasteiger charge is 2.55. The van der Waals surface area contributed by atoms with Gasteiger partial charge >= 0.3 is 0 Å². The van der Waals surface area contributed by atoms with Gasteiger partial charge in [0.15, 0.2) is 0 Å². The maximum Gasteiger partial charge on any atom is 0.146 e. The molecule has 0 N–H and O–H groups in total. The lowest BCUT2D eigenvalue weighted by Gasteiger charge is -2.50. The Morgan fingerprint density at radius 2 is 0.948 bits per heavy atom. The maximum absolute atomic E-state index is 7.60. The number of fused-ring (bicyclic) bond motifs is 4. The van der Waals surface area contributed by atoms with E-state index >= 15 is 0 Å². The molecule has 1 aliphatic carbocycles. The molecular weight excluding hydrogens is 744 g/mol. The van der Waals surface area contributed by atoms with Gasteiger partial charge in [0.2, 0.25) is 0 Å². The summed E-state index contributed by atoms with van der Waals surface area (Å²) in [5.74, 6) is 1.77. The van der Waals surface area contributed by atoms with Gasteiger partial charge < -0.3 is 14.5 Å². The second kappa shape index (κ2) is 11.9. The van der Waals surface area contributed by atoms with Gasteiger partial charge in [-0.2, -0.15) is 0 Å². The molecule has 1 atom stereocenters. The van der Waals surface area contributed by atoms with E-state index in [0.29, 0.717) is 0 Å². The lowest BCUT2D eigenvalue weighted by atomic mass is 9.67. The van der Waals surface area contributed by atoms with Crippen LogP contribution in [0.2, 0.25) is 0 Å². The Morgan fingerprint density at radius 3 is 1.52 bits per heavy atom. The Hall–Kier alpha value is -6.19. The van der Waals surface area contributed by atoms with Crippen LogP contribution in [-0.2, 0) is 17.2 Å². The van der Waals surface area contributed by atoms with Gasteiger partial charge in [0.1, 0.15) is 11.5 Å². The van der Waals surface area contributed by atoms with Crippen molar-refractivity contribution in [1.82, 2.24) is 0 Å². The monoisotopic (exact) mass is 782 g/mol. The third-order valence-corrected chi connectivity index (χ3v) is 17.6. The van der Waals surface area contributed by atoms with Crippen molar-refractivity contribution in [3.63, 3.8) is 0 Å². The van der Waals surface area contributed by atoms with E-state index in [1.165, 1.54) is 49.8 Å². The average molecular weight is 783 g/mol. The molecule has 0 saturated carbocycles. The number of nitrogens with zero attached hydrogens (tertiary/aromatic N) is 2. The largest absolute Gasteiger partial charge is 0.455 e. The molecule has 8 aromatic carbocycles. The van der Waals surface area contributed by atoms with Gasteiger partial charge in [-0.15, -0.1) is 0 Å². The molecule has 8 aromatic rings. The summed E-state index contributed by atoms with van der Waals surface area (Å²) in [7, 11) is 0. The zero-order valence-corrected chi connectivity index (χ0v) is 34.5. The fourth-order valence-corrected chi connectivity index (χ4v) is 15.6. The van der Waals surface area contributed by atoms with Crippen molar-refractivity contribution in [3.8, 4) is 22.6 Å². The number of hydrogen-bond acceptors (Lipinski definition) is 4. The molecule has 12 rings (SSSR count). The van der Waals surface area contributed by atoms with E-state index in [0.717, 1.165) is 67.4 Å². The summed E-state index contributed by atoms with van der Waals surface area (Å²) in [6, 6.07) is 58.0. The molecule has 0 aromatic heterocycles. The summed E-state index contributed by atoms with van der Waals surface area (Å²) >= 11 is 7.51. The molecule has 3 nitrogen and oxygen atoms in total.